The summed E-state index contributed by atoms with van der Waals surface area (Å²) in [5, 5.41) is 6.66. The van der Waals surface area contributed by atoms with Crippen molar-refractivity contribution in [2.75, 3.05) is 13.7 Å². The zero-order valence-electron chi connectivity index (χ0n) is 12.6. The summed E-state index contributed by atoms with van der Waals surface area (Å²) in [6.45, 7) is 5.07. The quantitative estimate of drug-likeness (QED) is 0.936. The molecule has 5 heteroatoms. The summed E-state index contributed by atoms with van der Waals surface area (Å²) in [6.07, 6.45) is 0.910. The van der Waals surface area contributed by atoms with Crippen molar-refractivity contribution in [3.8, 4) is 11.5 Å². The lowest BCUT2D eigenvalue weighted by Gasteiger charge is -2.32. The van der Waals surface area contributed by atoms with Crippen LogP contribution >= 0.6 is 11.3 Å². The highest BCUT2D eigenvalue weighted by Crippen LogP contribution is 2.42. The summed E-state index contributed by atoms with van der Waals surface area (Å²) in [5.41, 5.74) is 2.25. The Morgan fingerprint density at radius 2 is 2.33 bits per heavy atom. The lowest BCUT2D eigenvalue weighted by molar-refractivity contribution is 0.151. The van der Waals surface area contributed by atoms with Gasteiger partial charge in [-0.3, -0.25) is 0 Å². The topological polar surface area (TPSA) is 43.4 Å². The van der Waals surface area contributed by atoms with Gasteiger partial charge in [0.1, 0.15) is 16.5 Å². The highest BCUT2D eigenvalue weighted by atomic mass is 32.1. The number of aromatic nitrogens is 1. The number of nitrogens with zero attached hydrogens (tertiary/aromatic N) is 1. The number of aryl methyl sites for hydroxylation is 1. The molecule has 0 saturated heterocycles. The number of hydrogen-bond acceptors (Lipinski definition) is 5. The Kier molecular flexibility index (Phi) is 4.12. The first-order valence-electron chi connectivity index (χ1n) is 7.21. The monoisotopic (exact) mass is 304 g/mol. The van der Waals surface area contributed by atoms with Crippen LogP contribution in [0.25, 0.3) is 0 Å². The van der Waals surface area contributed by atoms with E-state index in [-0.39, 0.29) is 6.10 Å². The van der Waals surface area contributed by atoms with Gasteiger partial charge in [-0.15, -0.1) is 11.3 Å². The fourth-order valence-electron chi connectivity index (χ4n) is 2.68. The Bertz CT molecular complexity index is 626. The van der Waals surface area contributed by atoms with E-state index in [4.69, 9.17) is 9.47 Å². The standard InChI is InChI=1S/C16H20N2O2S/c1-4-17-13-8-15(16-18-10(2)9-21-16)20-14-7-11(19-3)5-6-12(13)14/h5-7,9,13,15,17H,4,8H2,1-3H3. The molecule has 2 atom stereocenters. The Hall–Kier alpha value is -1.59. The van der Waals surface area contributed by atoms with E-state index in [0.717, 1.165) is 35.2 Å². The summed E-state index contributed by atoms with van der Waals surface area (Å²) in [4.78, 5) is 4.58. The van der Waals surface area contributed by atoms with Crippen molar-refractivity contribution in [2.45, 2.75) is 32.4 Å². The highest BCUT2D eigenvalue weighted by molar-refractivity contribution is 7.09. The molecular formula is C16H20N2O2S. The number of rotatable bonds is 4. The maximum atomic E-state index is 6.18. The zero-order valence-corrected chi connectivity index (χ0v) is 13.4. The molecule has 0 fully saturated rings. The van der Waals surface area contributed by atoms with Gasteiger partial charge in [0, 0.05) is 35.2 Å². The number of hydrogen-bond donors (Lipinski definition) is 1. The van der Waals surface area contributed by atoms with Crippen LogP contribution in [0.3, 0.4) is 0 Å². The summed E-state index contributed by atoms with van der Waals surface area (Å²) in [5.74, 6) is 1.71. The first kappa shape index (κ1) is 14.4. The average molecular weight is 304 g/mol. The molecule has 0 spiro atoms. The molecule has 0 radical (unpaired) electrons. The Labute approximate surface area is 129 Å². The maximum absolute atomic E-state index is 6.18. The predicted molar refractivity (Wildman–Crippen MR) is 84.2 cm³/mol. The normalized spacial score (nSPS) is 20.7. The summed E-state index contributed by atoms with van der Waals surface area (Å²) in [6, 6.07) is 6.33. The van der Waals surface area contributed by atoms with Crippen LogP contribution in [0, 0.1) is 6.92 Å². The van der Waals surface area contributed by atoms with Crippen molar-refractivity contribution in [1.29, 1.82) is 0 Å². The van der Waals surface area contributed by atoms with E-state index < -0.39 is 0 Å². The van der Waals surface area contributed by atoms with Crippen molar-refractivity contribution in [2.24, 2.45) is 0 Å². The molecule has 1 aliphatic heterocycles. The Morgan fingerprint density at radius 1 is 1.48 bits per heavy atom. The zero-order chi connectivity index (χ0) is 14.8. The molecule has 4 nitrogen and oxygen atoms in total. The predicted octanol–water partition coefficient (Wildman–Crippen LogP) is 3.63. The van der Waals surface area contributed by atoms with E-state index in [1.54, 1.807) is 18.4 Å². The molecule has 21 heavy (non-hydrogen) atoms. The van der Waals surface area contributed by atoms with Crippen LogP contribution in [0.15, 0.2) is 23.6 Å². The van der Waals surface area contributed by atoms with Gasteiger partial charge in [0.15, 0.2) is 6.10 Å². The minimum absolute atomic E-state index is 0.00681. The molecule has 1 aliphatic rings. The number of fused-ring (bicyclic) bond motifs is 1. The van der Waals surface area contributed by atoms with E-state index in [0.29, 0.717) is 6.04 Å². The van der Waals surface area contributed by atoms with Crippen LogP contribution < -0.4 is 14.8 Å². The minimum atomic E-state index is 0.00681. The lowest BCUT2D eigenvalue weighted by Crippen LogP contribution is -2.29. The average Bonchev–Trinajstić information content (AvgIpc) is 2.93. The summed E-state index contributed by atoms with van der Waals surface area (Å²) >= 11 is 1.67. The fourth-order valence-corrected chi connectivity index (χ4v) is 3.52. The molecule has 3 rings (SSSR count). The van der Waals surface area contributed by atoms with Crippen LogP contribution in [-0.2, 0) is 0 Å². The molecule has 1 aromatic heterocycles. The number of benzene rings is 1. The smallest absolute Gasteiger partial charge is 0.152 e. The van der Waals surface area contributed by atoms with Gasteiger partial charge in [-0.1, -0.05) is 13.0 Å². The van der Waals surface area contributed by atoms with Crippen LogP contribution in [0.2, 0.25) is 0 Å². The molecule has 0 saturated carbocycles. The Morgan fingerprint density at radius 3 is 3.00 bits per heavy atom. The number of ether oxygens (including phenoxy) is 2. The van der Waals surface area contributed by atoms with Gasteiger partial charge in [-0.25, -0.2) is 4.98 Å². The van der Waals surface area contributed by atoms with Gasteiger partial charge in [-0.2, -0.15) is 0 Å². The first-order chi connectivity index (χ1) is 10.2. The van der Waals surface area contributed by atoms with Crippen molar-refractivity contribution in [3.63, 3.8) is 0 Å². The third-order valence-electron chi connectivity index (χ3n) is 3.68. The maximum Gasteiger partial charge on any atom is 0.152 e. The van der Waals surface area contributed by atoms with Crippen molar-refractivity contribution in [3.05, 3.63) is 39.8 Å². The molecular weight excluding hydrogens is 284 g/mol. The third kappa shape index (κ3) is 2.89. The second-order valence-electron chi connectivity index (χ2n) is 5.18. The molecule has 0 bridgehead atoms. The van der Waals surface area contributed by atoms with Crippen LogP contribution in [0.5, 0.6) is 11.5 Å². The first-order valence-corrected chi connectivity index (χ1v) is 8.09. The molecule has 2 heterocycles. The molecule has 2 unspecified atom stereocenters. The van der Waals surface area contributed by atoms with Gasteiger partial charge >= 0.3 is 0 Å². The largest absolute Gasteiger partial charge is 0.497 e. The second-order valence-corrected chi connectivity index (χ2v) is 6.07. The Balaban J connectivity index is 1.94. The molecule has 0 amide bonds. The van der Waals surface area contributed by atoms with E-state index in [2.05, 4.69) is 28.7 Å². The van der Waals surface area contributed by atoms with Gasteiger partial charge in [0.2, 0.25) is 0 Å². The van der Waals surface area contributed by atoms with E-state index in [9.17, 15) is 0 Å². The van der Waals surface area contributed by atoms with E-state index in [1.807, 2.05) is 19.1 Å². The second kappa shape index (κ2) is 6.03. The summed E-state index contributed by atoms with van der Waals surface area (Å²) in [7, 11) is 1.67. The van der Waals surface area contributed by atoms with Gasteiger partial charge in [-0.05, 0) is 19.5 Å². The van der Waals surface area contributed by atoms with Gasteiger partial charge in [0.05, 0.1) is 7.11 Å². The van der Waals surface area contributed by atoms with E-state index in [1.165, 1.54) is 5.56 Å². The minimum Gasteiger partial charge on any atom is -0.497 e. The third-order valence-corrected chi connectivity index (χ3v) is 4.73. The van der Waals surface area contributed by atoms with Crippen molar-refractivity contribution >= 4 is 11.3 Å². The van der Waals surface area contributed by atoms with Gasteiger partial charge in [0.25, 0.3) is 0 Å². The summed E-state index contributed by atoms with van der Waals surface area (Å²) < 4.78 is 11.5. The number of methoxy groups -OCH3 is 1. The van der Waals surface area contributed by atoms with E-state index >= 15 is 0 Å². The SMILES string of the molecule is CCNC1CC(c2nc(C)cs2)Oc2cc(OC)ccc21. The number of thiazole rings is 1. The molecule has 1 aromatic carbocycles. The van der Waals surface area contributed by atoms with Crippen LogP contribution in [-0.4, -0.2) is 18.6 Å². The fraction of sp³-hybridized carbons (Fsp3) is 0.438. The van der Waals surface area contributed by atoms with Crippen LogP contribution in [0.1, 0.15) is 41.8 Å². The van der Waals surface area contributed by atoms with Crippen LogP contribution in [0.4, 0.5) is 0 Å². The highest BCUT2D eigenvalue weighted by Gasteiger charge is 2.30. The molecule has 112 valence electrons. The number of nitrogens with one attached hydrogen (secondary N) is 1. The molecule has 0 aliphatic carbocycles. The molecule has 1 N–H and O–H groups in total. The van der Waals surface area contributed by atoms with Crippen molar-refractivity contribution in [1.82, 2.24) is 10.3 Å². The van der Waals surface area contributed by atoms with Gasteiger partial charge < -0.3 is 14.8 Å². The lowest BCUT2D eigenvalue weighted by atomic mass is 9.96. The van der Waals surface area contributed by atoms with Crippen molar-refractivity contribution < 1.29 is 9.47 Å². The molecule has 2 aromatic rings.